The Kier molecular flexibility index (Phi) is 5.81. The van der Waals surface area contributed by atoms with Gasteiger partial charge in [-0.25, -0.2) is 9.97 Å². The van der Waals surface area contributed by atoms with E-state index in [9.17, 15) is 15.0 Å². The monoisotopic (exact) mass is 433 g/mol. The van der Waals surface area contributed by atoms with Crippen LogP contribution in [-0.4, -0.2) is 33.2 Å². The van der Waals surface area contributed by atoms with Gasteiger partial charge in [0.05, 0.1) is 24.9 Å². The molecule has 8 heteroatoms. The third kappa shape index (κ3) is 4.49. The van der Waals surface area contributed by atoms with E-state index in [1.807, 2.05) is 41.1 Å². The Bertz CT molecular complexity index is 1190. The van der Waals surface area contributed by atoms with Crippen LogP contribution in [-0.2, 0) is 6.54 Å². The van der Waals surface area contributed by atoms with Gasteiger partial charge in [-0.15, -0.1) is 0 Å². The Balaban J connectivity index is 1.68. The summed E-state index contributed by atoms with van der Waals surface area (Å²) in [6.07, 6.45) is 1.43. The van der Waals surface area contributed by atoms with Crippen molar-refractivity contribution in [2.45, 2.75) is 6.54 Å². The van der Waals surface area contributed by atoms with Crippen LogP contribution in [0.15, 0.2) is 71.7 Å². The minimum absolute atomic E-state index is 0.108. The predicted octanol–water partition coefficient (Wildman–Crippen LogP) is 4.47. The molecule has 4 aromatic rings. The van der Waals surface area contributed by atoms with Gasteiger partial charge < -0.3 is 19.8 Å². The summed E-state index contributed by atoms with van der Waals surface area (Å²) in [5.41, 5.74) is 3.29. The van der Waals surface area contributed by atoms with Crippen molar-refractivity contribution in [2.24, 2.45) is 0 Å². The number of aromatic nitrogens is 2. The highest BCUT2D eigenvalue weighted by Gasteiger charge is 2.22. The van der Waals surface area contributed by atoms with Gasteiger partial charge in [0.2, 0.25) is 5.88 Å². The molecule has 7 nitrogen and oxygen atoms in total. The second-order valence-electron chi connectivity index (χ2n) is 6.72. The van der Waals surface area contributed by atoms with E-state index in [0.29, 0.717) is 23.8 Å². The zero-order valence-electron chi connectivity index (χ0n) is 16.6. The fourth-order valence-electron chi connectivity index (χ4n) is 3.11. The van der Waals surface area contributed by atoms with Gasteiger partial charge in [-0.1, -0.05) is 12.1 Å². The van der Waals surface area contributed by atoms with E-state index in [4.69, 9.17) is 4.74 Å². The average Bonchev–Trinajstić information content (AvgIpc) is 3.31. The van der Waals surface area contributed by atoms with Crippen molar-refractivity contribution in [2.75, 3.05) is 12.0 Å². The predicted molar refractivity (Wildman–Crippen MR) is 119 cm³/mol. The summed E-state index contributed by atoms with van der Waals surface area (Å²) in [5.74, 6) is -0.292. The number of phenols is 2. The lowest BCUT2D eigenvalue weighted by Crippen LogP contribution is -2.30. The van der Waals surface area contributed by atoms with Crippen LogP contribution >= 0.6 is 11.3 Å². The maximum absolute atomic E-state index is 13.3. The summed E-state index contributed by atoms with van der Waals surface area (Å²) in [5, 5.41) is 23.7. The van der Waals surface area contributed by atoms with Gasteiger partial charge in [0.1, 0.15) is 17.8 Å². The largest absolute Gasteiger partial charge is 0.508 e. The van der Waals surface area contributed by atoms with Crippen LogP contribution < -0.4 is 9.64 Å². The van der Waals surface area contributed by atoms with E-state index < -0.39 is 0 Å². The van der Waals surface area contributed by atoms with Gasteiger partial charge in [-0.2, -0.15) is 11.3 Å². The molecular weight excluding hydrogens is 414 g/mol. The molecule has 0 atom stereocenters. The van der Waals surface area contributed by atoms with Crippen molar-refractivity contribution in [1.82, 2.24) is 9.97 Å². The quantitative estimate of drug-likeness (QED) is 0.466. The number of amides is 1. The highest BCUT2D eigenvalue weighted by Crippen LogP contribution is 2.29. The lowest BCUT2D eigenvalue weighted by atomic mass is 10.1. The molecule has 2 aromatic carbocycles. The summed E-state index contributed by atoms with van der Waals surface area (Å²) < 4.78 is 5.15. The van der Waals surface area contributed by atoms with Gasteiger partial charge in [0, 0.05) is 23.4 Å². The van der Waals surface area contributed by atoms with Crippen LogP contribution in [0.5, 0.6) is 17.4 Å². The number of thiophene rings is 1. The number of ether oxygens (including phenoxy) is 1. The van der Waals surface area contributed by atoms with Crippen molar-refractivity contribution < 1.29 is 19.7 Å². The topological polar surface area (TPSA) is 95.8 Å². The molecule has 0 fully saturated rings. The van der Waals surface area contributed by atoms with Crippen molar-refractivity contribution in [3.05, 3.63) is 82.8 Å². The Morgan fingerprint density at radius 1 is 1.06 bits per heavy atom. The molecule has 2 aromatic heterocycles. The highest BCUT2D eigenvalue weighted by molar-refractivity contribution is 7.07. The van der Waals surface area contributed by atoms with Crippen LogP contribution in [0, 0.1) is 0 Å². The number of nitrogens with zero attached hydrogens (tertiary/aromatic N) is 3. The standard InChI is InChI=1S/C23H19N3O4S/c1-30-22-11-20(24-14-25-22)16-2-4-17(5-3-16)26(12-15-8-9-31-13-15)23(29)19-7-6-18(27)10-21(19)28/h2-11,13-14,27-28H,12H2,1H3. The van der Waals surface area contributed by atoms with Gasteiger partial charge in [0.15, 0.2) is 0 Å². The smallest absolute Gasteiger partial charge is 0.262 e. The first-order chi connectivity index (χ1) is 15.0. The fourth-order valence-corrected chi connectivity index (χ4v) is 3.77. The number of carbonyl (C=O) groups is 1. The molecule has 0 bridgehead atoms. The summed E-state index contributed by atoms with van der Waals surface area (Å²) in [7, 11) is 1.54. The number of hydrogen-bond donors (Lipinski definition) is 2. The van der Waals surface area contributed by atoms with Crippen molar-refractivity contribution >= 4 is 22.9 Å². The Morgan fingerprint density at radius 3 is 2.55 bits per heavy atom. The van der Waals surface area contributed by atoms with Gasteiger partial charge in [0.25, 0.3) is 5.91 Å². The van der Waals surface area contributed by atoms with E-state index in [1.165, 1.54) is 18.5 Å². The average molecular weight is 433 g/mol. The molecule has 0 aliphatic carbocycles. The fraction of sp³-hybridized carbons (Fsp3) is 0.0870. The number of benzene rings is 2. The van der Waals surface area contributed by atoms with Crippen molar-refractivity contribution in [3.8, 4) is 28.6 Å². The normalized spacial score (nSPS) is 10.6. The second kappa shape index (κ2) is 8.85. The summed E-state index contributed by atoms with van der Waals surface area (Å²) >= 11 is 1.55. The van der Waals surface area contributed by atoms with Crippen molar-refractivity contribution in [1.29, 1.82) is 0 Å². The maximum Gasteiger partial charge on any atom is 0.262 e. The molecule has 0 saturated heterocycles. The molecule has 0 radical (unpaired) electrons. The molecule has 0 aliphatic rings. The minimum Gasteiger partial charge on any atom is -0.508 e. The first-order valence-corrected chi connectivity index (χ1v) is 10.3. The molecule has 2 heterocycles. The maximum atomic E-state index is 13.3. The lowest BCUT2D eigenvalue weighted by Gasteiger charge is -2.23. The zero-order valence-corrected chi connectivity index (χ0v) is 17.4. The van der Waals surface area contributed by atoms with Gasteiger partial charge in [-0.3, -0.25) is 4.79 Å². The van der Waals surface area contributed by atoms with E-state index in [1.54, 1.807) is 29.4 Å². The van der Waals surface area contributed by atoms with Gasteiger partial charge in [-0.05, 0) is 46.7 Å². The first kappa shape index (κ1) is 20.4. The highest BCUT2D eigenvalue weighted by atomic mass is 32.1. The molecule has 4 rings (SSSR count). The molecule has 156 valence electrons. The molecule has 2 N–H and O–H groups in total. The number of methoxy groups -OCH3 is 1. The summed E-state index contributed by atoms with van der Waals surface area (Å²) in [6, 6.07) is 15.0. The summed E-state index contributed by atoms with van der Waals surface area (Å²) in [4.78, 5) is 23.2. The molecule has 0 unspecified atom stereocenters. The molecular formula is C23H19N3O4S. The number of phenolic OH excluding ortho intramolecular Hbond substituents is 2. The molecule has 31 heavy (non-hydrogen) atoms. The van der Waals surface area contributed by atoms with Crippen LogP contribution in [0.25, 0.3) is 11.3 Å². The number of anilines is 1. The lowest BCUT2D eigenvalue weighted by molar-refractivity contribution is 0.0982. The van der Waals surface area contributed by atoms with E-state index in [2.05, 4.69) is 9.97 Å². The molecule has 0 aliphatic heterocycles. The minimum atomic E-state index is -0.375. The van der Waals surface area contributed by atoms with Gasteiger partial charge >= 0.3 is 0 Å². The first-order valence-electron chi connectivity index (χ1n) is 9.36. The molecule has 0 saturated carbocycles. The van der Waals surface area contributed by atoms with E-state index in [-0.39, 0.29) is 23.0 Å². The number of hydrogen-bond acceptors (Lipinski definition) is 7. The van der Waals surface area contributed by atoms with E-state index in [0.717, 1.165) is 17.2 Å². The van der Waals surface area contributed by atoms with Crippen molar-refractivity contribution in [3.63, 3.8) is 0 Å². The third-order valence-corrected chi connectivity index (χ3v) is 5.44. The molecule has 0 spiro atoms. The molecule has 1 amide bonds. The number of rotatable bonds is 6. The Labute approximate surface area is 182 Å². The van der Waals surface area contributed by atoms with Crippen LogP contribution in [0.2, 0.25) is 0 Å². The second-order valence-corrected chi connectivity index (χ2v) is 7.50. The van der Waals surface area contributed by atoms with Crippen LogP contribution in [0.1, 0.15) is 15.9 Å². The number of carbonyl (C=O) groups excluding carboxylic acids is 1. The van der Waals surface area contributed by atoms with Crippen LogP contribution in [0.3, 0.4) is 0 Å². The number of aromatic hydroxyl groups is 2. The Hall–Kier alpha value is -3.91. The van der Waals surface area contributed by atoms with Crippen LogP contribution in [0.4, 0.5) is 5.69 Å². The third-order valence-electron chi connectivity index (χ3n) is 4.70. The summed E-state index contributed by atoms with van der Waals surface area (Å²) in [6.45, 7) is 0.337. The van der Waals surface area contributed by atoms with E-state index >= 15 is 0 Å². The Morgan fingerprint density at radius 2 is 1.87 bits per heavy atom. The zero-order chi connectivity index (χ0) is 21.8. The SMILES string of the molecule is COc1cc(-c2ccc(N(Cc3ccsc3)C(=O)c3ccc(O)cc3O)cc2)ncn1.